The minimum Gasteiger partial charge on any atom is -0.366 e. The Balaban J connectivity index is 1.84. The summed E-state index contributed by atoms with van der Waals surface area (Å²) >= 11 is 0. The SMILES string of the molecule is Cc1ccc(C(=O)CCC(=O)NCc2cccc(C(N)=O)c2)cc1C. The van der Waals surface area contributed by atoms with Crippen LogP contribution in [0.2, 0.25) is 0 Å². The van der Waals surface area contributed by atoms with Crippen LogP contribution in [0.1, 0.15) is 50.2 Å². The van der Waals surface area contributed by atoms with Gasteiger partial charge in [-0.3, -0.25) is 14.4 Å². The van der Waals surface area contributed by atoms with Gasteiger partial charge < -0.3 is 11.1 Å². The molecule has 0 atom stereocenters. The maximum Gasteiger partial charge on any atom is 0.248 e. The summed E-state index contributed by atoms with van der Waals surface area (Å²) in [4.78, 5) is 35.3. The van der Waals surface area contributed by atoms with E-state index in [9.17, 15) is 14.4 Å². The first-order valence-corrected chi connectivity index (χ1v) is 8.12. The molecule has 0 aliphatic heterocycles. The molecule has 0 aliphatic carbocycles. The van der Waals surface area contributed by atoms with E-state index in [1.807, 2.05) is 26.0 Å². The minimum atomic E-state index is -0.507. The Kier molecular flexibility index (Phi) is 6.06. The van der Waals surface area contributed by atoms with Crippen LogP contribution in [-0.4, -0.2) is 17.6 Å². The van der Waals surface area contributed by atoms with E-state index in [0.717, 1.165) is 16.7 Å². The summed E-state index contributed by atoms with van der Waals surface area (Å²) in [6.45, 7) is 4.24. The average molecular weight is 338 g/mol. The van der Waals surface area contributed by atoms with Crippen molar-refractivity contribution in [1.29, 1.82) is 0 Å². The number of nitrogens with one attached hydrogen (secondary N) is 1. The normalized spacial score (nSPS) is 10.3. The summed E-state index contributed by atoms with van der Waals surface area (Å²) in [6, 6.07) is 12.3. The van der Waals surface area contributed by atoms with Gasteiger partial charge in [-0.2, -0.15) is 0 Å². The summed E-state index contributed by atoms with van der Waals surface area (Å²) < 4.78 is 0. The molecule has 2 amide bonds. The molecular weight excluding hydrogens is 316 g/mol. The van der Waals surface area contributed by atoms with E-state index < -0.39 is 5.91 Å². The Morgan fingerprint density at radius 1 is 0.920 bits per heavy atom. The summed E-state index contributed by atoms with van der Waals surface area (Å²) in [5.41, 5.74) is 9.23. The summed E-state index contributed by atoms with van der Waals surface area (Å²) in [7, 11) is 0. The molecule has 2 rings (SSSR count). The number of amides is 2. The molecule has 0 radical (unpaired) electrons. The van der Waals surface area contributed by atoms with Crippen molar-refractivity contribution in [3.8, 4) is 0 Å². The van der Waals surface area contributed by atoms with Crippen LogP contribution >= 0.6 is 0 Å². The third-order valence-electron chi connectivity index (χ3n) is 4.11. The molecule has 0 saturated heterocycles. The van der Waals surface area contributed by atoms with Crippen molar-refractivity contribution in [3.63, 3.8) is 0 Å². The van der Waals surface area contributed by atoms with Crippen LogP contribution in [0.4, 0.5) is 0 Å². The highest BCUT2D eigenvalue weighted by atomic mass is 16.2. The maximum atomic E-state index is 12.2. The van der Waals surface area contributed by atoms with Crippen molar-refractivity contribution in [2.24, 2.45) is 5.73 Å². The van der Waals surface area contributed by atoms with Gasteiger partial charge in [0.05, 0.1) is 0 Å². The van der Waals surface area contributed by atoms with Crippen LogP contribution in [-0.2, 0) is 11.3 Å². The fraction of sp³-hybridized carbons (Fsp3) is 0.250. The Hall–Kier alpha value is -2.95. The molecule has 0 saturated carbocycles. The maximum absolute atomic E-state index is 12.2. The lowest BCUT2D eigenvalue weighted by molar-refractivity contribution is -0.121. The van der Waals surface area contributed by atoms with Gasteiger partial charge in [-0.05, 0) is 48.7 Å². The van der Waals surface area contributed by atoms with E-state index in [2.05, 4.69) is 5.32 Å². The average Bonchev–Trinajstić information content (AvgIpc) is 2.60. The lowest BCUT2D eigenvalue weighted by Gasteiger charge is -2.07. The summed E-state index contributed by atoms with van der Waals surface area (Å²) in [5, 5.41) is 2.75. The first kappa shape index (κ1) is 18.4. The van der Waals surface area contributed by atoms with Crippen LogP contribution < -0.4 is 11.1 Å². The number of nitrogens with two attached hydrogens (primary N) is 1. The lowest BCUT2D eigenvalue weighted by atomic mass is 10.0. The van der Waals surface area contributed by atoms with Crippen LogP contribution in [0.3, 0.4) is 0 Å². The van der Waals surface area contributed by atoms with Crippen molar-refractivity contribution in [1.82, 2.24) is 5.32 Å². The molecular formula is C20H22N2O3. The smallest absolute Gasteiger partial charge is 0.248 e. The third kappa shape index (κ3) is 5.28. The molecule has 0 heterocycles. The zero-order valence-electron chi connectivity index (χ0n) is 14.5. The number of benzene rings is 2. The molecule has 3 N–H and O–H groups in total. The number of carbonyl (C=O) groups is 3. The number of hydrogen-bond donors (Lipinski definition) is 2. The number of rotatable bonds is 7. The Labute approximate surface area is 147 Å². The minimum absolute atomic E-state index is 0.0472. The first-order chi connectivity index (χ1) is 11.9. The van der Waals surface area contributed by atoms with Gasteiger partial charge >= 0.3 is 0 Å². The molecule has 2 aromatic carbocycles. The Morgan fingerprint density at radius 3 is 2.36 bits per heavy atom. The van der Waals surface area contributed by atoms with Gasteiger partial charge in [-0.15, -0.1) is 0 Å². The molecule has 0 bridgehead atoms. The van der Waals surface area contributed by atoms with Gasteiger partial charge in [0.15, 0.2) is 5.78 Å². The zero-order valence-corrected chi connectivity index (χ0v) is 14.5. The highest BCUT2D eigenvalue weighted by Gasteiger charge is 2.10. The van der Waals surface area contributed by atoms with E-state index in [-0.39, 0.29) is 31.1 Å². The van der Waals surface area contributed by atoms with Gasteiger partial charge in [-0.25, -0.2) is 0 Å². The molecule has 0 aliphatic rings. The van der Waals surface area contributed by atoms with E-state index in [4.69, 9.17) is 5.73 Å². The standard InChI is InChI=1S/C20H22N2O3/c1-13-6-7-16(10-14(13)2)18(23)8-9-19(24)22-12-15-4-3-5-17(11-15)20(21)25/h3-7,10-11H,8-9,12H2,1-2H3,(H2,21,25)(H,22,24). The number of primary amides is 1. The molecule has 0 fully saturated rings. The largest absolute Gasteiger partial charge is 0.366 e. The second kappa shape index (κ2) is 8.24. The highest BCUT2D eigenvalue weighted by molar-refractivity contribution is 5.98. The number of Topliss-reactive ketones (excluding diaryl/α,β-unsaturated/α-hetero) is 1. The molecule has 130 valence electrons. The molecule has 0 aromatic heterocycles. The molecule has 5 heteroatoms. The molecule has 5 nitrogen and oxygen atoms in total. The predicted molar refractivity (Wildman–Crippen MR) is 96.3 cm³/mol. The number of aryl methyl sites for hydroxylation is 2. The summed E-state index contributed by atoms with van der Waals surface area (Å²) in [6.07, 6.45) is 0.289. The topological polar surface area (TPSA) is 89.3 Å². The van der Waals surface area contributed by atoms with Crippen LogP contribution in [0, 0.1) is 13.8 Å². The van der Waals surface area contributed by atoms with Gasteiger partial charge in [0.1, 0.15) is 0 Å². The highest BCUT2D eigenvalue weighted by Crippen LogP contribution is 2.12. The van der Waals surface area contributed by atoms with Crippen molar-refractivity contribution < 1.29 is 14.4 Å². The number of ketones is 1. The molecule has 0 unspecified atom stereocenters. The quantitative estimate of drug-likeness (QED) is 0.761. The predicted octanol–water partition coefficient (Wildman–Crippen LogP) is 2.68. The van der Waals surface area contributed by atoms with Crippen molar-refractivity contribution in [3.05, 3.63) is 70.3 Å². The van der Waals surface area contributed by atoms with Gasteiger partial charge in [0, 0.05) is 30.5 Å². The van der Waals surface area contributed by atoms with Crippen molar-refractivity contribution in [2.45, 2.75) is 33.2 Å². The van der Waals surface area contributed by atoms with Crippen LogP contribution in [0.25, 0.3) is 0 Å². The third-order valence-corrected chi connectivity index (χ3v) is 4.11. The summed E-state index contributed by atoms with van der Waals surface area (Å²) in [5.74, 6) is -0.761. The van der Waals surface area contributed by atoms with Gasteiger partial charge in [-0.1, -0.05) is 24.3 Å². The number of carbonyl (C=O) groups excluding carboxylic acids is 3. The number of hydrogen-bond acceptors (Lipinski definition) is 3. The zero-order chi connectivity index (χ0) is 18.4. The molecule has 2 aromatic rings. The lowest BCUT2D eigenvalue weighted by Crippen LogP contribution is -2.23. The van der Waals surface area contributed by atoms with E-state index in [1.165, 1.54) is 0 Å². The van der Waals surface area contributed by atoms with E-state index >= 15 is 0 Å². The van der Waals surface area contributed by atoms with Crippen molar-refractivity contribution >= 4 is 17.6 Å². The first-order valence-electron chi connectivity index (χ1n) is 8.12. The van der Waals surface area contributed by atoms with E-state index in [0.29, 0.717) is 11.1 Å². The second-order valence-corrected chi connectivity index (χ2v) is 6.06. The molecule has 0 spiro atoms. The monoisotopic (exact) mass is 338 g/mol. The fourth-order valence-electron chi connectivity index (χ4n) is 2.41. The molecule has 25 heavy (non-hydrogen) atoms. The Bertz CT molecular complexity index is 812. The van der Waals surface area contributed by atoms with Crippen molar-refractivity contribution in [2.75, 3.05) is 0 Å². The van der Waals surface area contributed by atoms with E-state index in [1.54, 1.807) is 30.3 Å². The fourth-order valence-corrected chi connectivity index (χ4v) is 2.41. The van der Waals surface area contributed by atoms with Gasteiger partial charge in [0.2, 0.25) is 11.8 Å². The Morgan fingerprint density at radius 2 is 1.68 bits per heavy atom. The van der Waals surface area contributed by atoms with Crippen LogP contribution in [0.5, 0.6) is 0 Å². The second-order valence-electron chi connectivity index (χ2n) is 6.06. The van der Waals surface area contributed by atoms with Crippen LogP contribution in [0.15, 0.2) is 42.5 Å². The van der Waals surface area contributed by atoms with Gasteiger partial charge in [0.25, 0.3) is 0 Å².